The number of nitrogens with zero attached hydrogens (tertiary/aromatic N) is 2. The van der Waals surface area contributed by atoms with Crippen molar-refractivity contribution in [3.8, 4) is 6.07 Å². The fraction of sp³-hybridized carbons (Fsp3) is 0.429. The van der Waals surface area contributed by atoms with Crippen molar-refractivity contribution in [1.29, 1.82) is 5.26 Å². The molecule has 3 N–H and O–H groups in total. The molecule has 6 heteroatoms. The van der Waals surface area contributed by atoms with Gasteiger partial charge in [-0.05, 0) is 37.6 Å². The lowest BCUT2D eigenvalue weighted by Gasteiger charge is -2.22. The maximum Gasteiger partial charge on any atom is 0.238 e. The van der Waals surface area contributed by atoms with E-state index in [1.165, 1.54) is 0 Å². The highest BCUT2D eigenvalue weighted by molar-refractivity contribution is 6.32. The van der Waals surface area contributed by atoms with Crippen molar-refractivity contribution in [2.75, 3.05) is 25.0 Å². The molecule has 1 aromatic rings. The van der Waals surface area contributed by atoms with Crippen LogP contribution in [0, 0.1) is 11.3 Å². The molecule has 0 bridgehead atoms. The van der Waals surface area contributed by atoms with Gasteiger partial charge in [0, 0.05) is 18.3 Å². The van der Waals surface area contributed by atoms with Gasteiger partial charge in [0.2, 0.25) is 5.91 Å². The van der Waals surface area contributed by atoms with Gasteiger partial charge in [0.05, 0.1) is 17.1 Å². The topological polar surface area (TPSA) is 82.2 Å². The van der Waals surface area contributed by atoms with Crippen molar-refractivity contribution in [3.05, 3.63) is 28.8 Å². The molecule has 1 aliphatic rings. The van der Waals surface area contributed by atoms with Crippen molar-refractivity contribution in [1.82, 2.24) is 4.90 Å². The standard InChI is InChI=1S/C14H17ClN4O/c15-13-6-11(4-3-10(13)7-16)18-14(20)9-19-5-1-2-12(19)8-17/h3-4,6,12H,1-2,5,8-9,17H2,(H,18,20). The minimum Gasteiger partial charge on any atom is -0.329 e. The molecule has 1 fully saturated rings. The van der Waals surface area contributed by atoms with Crippen molar-refractivity contribution < 1.29 is 4.79 Å². The second-order valence-corrected chi connectivity index (χ2v) is 5.26. The molecule has 0 radical (unpaired) electrons. The molecule has 106 valence electrons. The summed E-state index contributed by atoms with van der Waals surface area (Å²) in [5, 5.41) is 11.9. The minimum absolute atomic E-state index is 0.0916. The van der Waals surface area contributed by atoms with Crippen LogP contribution >= 0.6 is 11.6 Å². The van der Waals surface area contributed by atoms with E-state index in [9.17, 15) is 4.79 Å². The van der Waals surface area contributed by atoms with Crippen molar-refractivity contribution in [3.63, 3.8) is 0 Å². The maximum atomic E-state index is 12.0. The third-order valence-electron chi connectivity index (χ3n) is 3.49. The number of anilines is 1. The monoisotopic (exact) mass is 292 g/mol. The van der Waals surface area contributed by atoms with Gasteiger partial charge in [-0.1, -0.05) is 11.6 Å². The Hall–Kier alpha value is -1.61. The Labute approximate surface area is 123 Å². The number of hydrogen-bond acceptors (Lipinski definition) is 4. The molecule has 1 amide bonds. The van der Waals surface area contributed by atoms with E-state index in [0.29, 0.717) is 35.4 Å². The Kier molecular flexibility index (Phi) is 4.96. The predicted molar refractivity (Wildman–Crippen MR) is 78.4 cm³/mol. The fourth-order valence-electron chi connectivity index (χ4n) is 2.44. The molecule has 0 aliphatic carbocycles. The third-order valence-corrected chi connectivity index (χ3v) is 3.80. The average Bonchev–Trinajstić information content (AvgIpc) is 2.86. The summed E-state index contributed by atoms with van der Waals surface area (Å²) in [5.41, 5.74) is 6.68. The first kappa shape index (κ1) is 14.8. The van der Waals surface area contributed by atoms with E-state index in [1.807, 2.05) is 6.07 Å². The van der Waals surface area contributed by atoms with Crippen LogP contribution in [0.15, 0.2) is 18.2 Å². The highest BCUT2D eigenvalue weighted by Crippen LogP contribution is 2.20. The van der Waals surface area contributed by atoms with E-state index in [0.717, 1.165) is 19.4 Å². The quantitative estimate of drug-likeness (QED) is 0.882. The number of nitrogens with two attached hydrogens (primary N) is 1. The molecule has 1 heterocycles. The number of benzene rings is 1. The highest BCUT2D eigenvalue weighted by atomic mass is 35.5. The first-order valence-electron chi connectivity index (χ1n) is 6.57. The summed E-state index contributed by atoms with van der Waals surface area (Å²) < 4.78 is 0. The van der Waals surface area contributed by atoms with Crippen LogP contribution in [-0.2, 0) is 4.79 Å². The largest absolute Gasteiger partial charge is 0.329 e. The zero-order valence-corrected chi connectivity index (χ0v) is 11.9. The van der Waals surface area contributed by atoms with Crippen LogP contribution in [0.4, 0.5) is 5.69 Å². The second-order valence-electron chi connectivity index (χ2n) is 4.86. The molecule has 5 nitrogen and oxygen atoms in total. The lowest BCUT2D eigenvalue weighted by atomic mass is 10.2. The first-order chi connectivity index (χ1) is 9.63. The summed E-state index contributed by atoms with van der Waals surface area (Å²) in [6.07, 6.45) is 2.13. The van der Waals surface area contributed by atoms with Gasteiger partial charge in [-0.2, -0.15) is 5.26 Å². The van der Waals surface area contributed by atoms with E-state index >= 15 is 0 Å². The zero-order valence-electron chi connectivity index (χ0n) is 11.1. The van der Waals surface area contributed by atoms with Gasteiger partial charge in [0.15, 0.2) is 0 Å². The Morgan fingerprint density at radius 1 is 1.60 bits per heavy atom. The van der Waals surface area contributed by atoms with Gasteiger partial charge in [-0.25, -0.2) is 0 Å². The van der Waals surface area contributed by atoms with E-state index in [-0.39, 0.29) is 5.91 Å². The SMILES string of the molecule is N#Cc1ccc(NC(=O)CN2CCCC2CN)cc1Cl. The summed E-state index contributed by atoms with van der Waals surface area (Å²) >= 11 is 5.93. The van der Waals surface area contributed by atoms with E-state index in [2.05, 4.69) is 10.2 Å². The Morgan fingerprint density at radius 2 is 2.40 bits per heavy atom. The summed E-state index contributed by atoms with van der Waals surface area (Å²) in [6, 6.07) is 7.13. The van der Waals surface area contributed by atoms with Gasteiger partial charge in [-0.3, -0.25) is 9.69 Å². The zero-order chi connectivity index (χ0) is 14.5. The van der Waals surface area contributed by atoms with Crippen molar-refractivity contribution >= 4 is 23.2 Å². The molecule has 0 spiro atoms. The Morgan fingerprint density at radius 3 is 3.05 bits per heavy atom. The maximum absolute atomic E-state index is 12.0. The van der Waals surface area contributed by atoms with Crippen LogP contribution in [-0.4, -0.2) is 36.5 Å². The molecule has 1 aromatic carbocycles. The summed E-state index contributed by atoms with van der Waals surface area (Å²) in [6.45, 7) is 1.82. The Bertz CT molecular complexity index is 540. The van der Waals surface area contributed by atoms with Crippen LogP contribution in [0.2, 0.25) is 5.02 Å². The van der Waals surface area contributed by atoms with Crippen LogP contribution in [0.3, 0.4) is 0 Å². The number of nitrogens with one attached hydrogen (secondary N) is 1. The lowest BCUT2D eigenvalue weighted by molar-refractivity contribution is -0.117. The molecule has 1 saturated heterocycles. The average molecular weight is 293 g/mol. The summed E-state index contributed by atoms with van der Waals surface area (Å²) in [4.78, 5) is 14.1. The summed E-state index contributed by atoms with van der Waals surface area (Å²) in [7, 11) is 0. The van der Waals surface area contributed by atoms with Gasteiger partial charge < -0.3 is 11.1 Å². The van der Waals surface area contributed by atoms with Crippen LogP contribution in [0.1, 0.15) is 18.4 Å². The predicted octanol–water partition coefficient (Wildman–Crippen LogP) is 1.57. The van der Waals surface area contributed by atoms with E-state index in [4.69, 9.17) is 22.6 Å². The highest BCUT2D eigenvalue weighted by Gasteiger charge is 2.24. The first-order valence-corrected chi connectivity index (χ1v) is 6.95. The number of halogens is 1. The molecular formula is C14H17ClN4O. The molecule has 0 saturated carbocycles. The number of carbonyl (C=O) groups is 1. The van der Waals surface area contributed by atoms with Gasteiger partial charge in [0.1, 0.15) is 6.07 Å². The number of hydrogen-bond donors (Lipinski definition) is 2. The Balaban J connectivity index is 1.95. The number of nitriles is 1. The van der Waals surface area contributed by atoms with Crippen LogP contribution in [0.5, 0.6) is 0 Å². The molecule has 20 heavy (non-hydrogen) atoms. The number of carbonyl (C=O) groups excluding carboxylic acids is 1. The van der Waals surface area contributed by atoms with E-state index < -0.39 is 0 Å². The molecule has 1 aliphatic heterocycles. The van der Waals surface area contributed by atoms with Gasteiger partial charge in [-0.15, -0.1) is 0 Å². The number of amides is 1. The van der Waals surface area contributed by atoms with Crippen LogP contribution in [0.25, 0.3) is 0 Å². The fourth-order valence-corrected chi connectivity index (χ4v) is 2.66. The molecule has 1 unspecified atom stereocenters. The molecule has 2 rings (SSSR count). The minimum atomic E-state index is -0.0916. The molecule has 0 aromatic heterocycles. The lowest BCUT2D eigenvalue weighted by Crippen LogP contribution is -2.40. The molecule has 1 atom stereocenters. The van der Waals surface area contributed by atoms with Crippen molar-refractivity contribution in [2.24, 2.45) is 5.73 Å². The third kappa shape index (κ3) is 3.48. The van der Waals surface area contributed by atoms with Gasteiger partial charge in [0.25, 0.3) is 0 Å². The van der Waals surface area contributed by atoms with Crippen molar-refractivity contribution in [2.45, 2.75) is 18.9 Å². The summed E-state index contributed by atoms with van der Waals surface area (Å²) in [5.74, 6) is -0.0916. The number of likely N-dealkylation sites (tertiary alicyclic amines) is 1. The normalized spacial score (nSPS) is 18.8. The molecular weight excluding hydrogens is 276 g/mol. The van der Waals surface area contributed by atoms with E-state index in [1.54, 1.807) is 18.2 Å². The second kappa shape index (κ2) is 6.71. The van der Waals surface area contributed by atoms with Crippen LogP contribution < -0.4 is 11.1 Å². The number of rotatable bonds is 4. The smallest absolute Gasteiger partial charge is 0.238 e. The van der Waals surface area contributed by atoms with Gasteiger partial charge >= 0.3 is 0 Å².